The molecule has 0 spiro atoms. The molecule has 0 aromatic heterocycles. The topological polar surface area (TPSA) is 88.4 Å². The summed E-state index contributed by atoms with van der Waals surface area (Å²) < 4.78 is 80.5. The number of nitrogens with zero attached hydrogens (tertiary/aromatic N) is 1. The number of methoxy groups -OCH3 is 1. The number of allylic oxidation sites excluding steroid dienone is 2. The van der Waals surface area contributed by atoms with Crippen LogP contribution in [0.2, 0.25) is 5.02 Å². The van der Waals surface area contributed by atoms with E-state index in [0.717, 1.165) is 7.11 Å². The molecule has 6 nitrogen and oxygen atoms in total. The number of ether oxygens (including phenoxy) is 2. The molecule has 1 aliphatic heterocycles. The molecule has 0 saturated heterocycles. The summed E-state index contributed by atoms with van der Waals surface area (Å²) in [5.41, 5.74) is -5.26. The summed E-state index contributed by atoms with van der Waals surface area (Å²) >= 11 is 5.75. The maximum absolute atomic E-state index is 15.0. The summed E-state index contributed by atoms with van der Waals surface area (Å²) in [5.74, 6) is -6.16. The lowest BCUT2D eigenvalue weighted by Gasteiger charge is -2.33. The van der Waals surface area contributed by atoms with Crippen LogP contribution in [-0.4, -0.2) is 31.8 Å². The van der Waals surface area contributed by atoms with Gasteiger partial charge in [0.05, 0.1) is 59.1 Å². The number of dihydropyridines is 1. The van der Waals surface area contributed by atoms with E-state index in [9.17, 15) is 27.2 Å². The van der Waals surface area contributed by atoms with E-state index in [1.807, 2.05) is 0 Å². The van der Waals surface area contributed by atoms with Gasteiger partial charge in [-0.3, -0.25) is 0 Å². The molecule has 0 radical (unpaired) electrons. The molecule has 0 saturated carbocycles. The van der Waals surface area contributed by atoms with Gasteiger partial charge in [-0.25, -0.2) is 18.4 Å². The van der Waals surface area contributed by atoms with Gasteiger partial charge in [-0.2, -0.15) is 18.4 Å². The van der Waals surface area contributed by atoms with Gasteiger partial charge in [-0.05, 0) is 26.0 Å². The highest BCUT2D eigenvalue weighted by Gasteiger charge is 2.47. The van der Waals surface area contributed by atoms with Crippen molar-refractivity contribution in [1.29, 1.82) is 5.26 Å². The fourth-order valence-electron chi connectivity index (χ4n) is 3.43. The monoisotopic (exact) mass is 492 g/mol. The molecule has 1 N–H and O–H groups in total. The summed E-state index contributed by atoms with van der Waals surface area (Å²) in [5, 5.41) is 10.6. The molecule has 0 aliphatic carbocycles. The number of rotatable bonds is 6. The van der Waals surface area contributed by atoms with Gasteiger partial charge in [0, 0.05) is 11.3 Å². The molecule has 1 aliphatic rings. The van der Waals surface area contributed by atoms with E-state index < -0.39 is 82.0 Å². The van der Waals surface area contributed by atoms with Crippen molar-refractivity contribution in [2.45, 2.75) is 38.5 Å². The van der Waals surface area contributed by atoms with Crippen molar-refractivity contribution in [3.8, 4) is 6.07 Å². The van der Waals surface area contributed by atoms with Gasteiger partial charge in [-0.15, -0.1) is 0 Å². The second kappa shape index (κ2) is 10.2. The average Bonchev–Trinajstić information content (AvgIpc) is 2.72. The number of alkyl halides is 4. The smallest absolute Gasteiger partial charge is 0.418 e. The Kier molecular flexibility index (Phi) is 8.08. The van der Waals surface area contributed by atoms with E-state index in [0.29, 0.717) is 12.1 Å². The Hall–Kier alpha value is -3.13. The molecule has 1 heterocycles. The first kappa shape index (κ1) is 26.1. The van der Waals surface area contributed by atoms with E-state index >= 15 is 4.39 Å². The van der Waals surface area contributed by atoms with Crippen LogP contribution in [0.5, 0.6) is 0 Å². The summed E-state index contributed by atoms with van der Waals surface area (Å²) in [6, 6.07) is 2.97. The Morgan fingerprint density at radius 3 is 2.30 bits per heavy atom. The highest BCUT2D eigenvalue weighted by molar-refractivity contribution is 6.31. The zero-order valence-electron chi connectivity index (χ0n) is 17.6. The lowest BCUT2D eigenvalue weighted by Crippen LogP contribution is -2.36. The molecule has 2 rings (SSSR count). The summed E-state index contributed by atoms with van der Waals surface area (Å²) in [7, 11) is 0.877. The van der Waals surface area contributed by atoms with Gasteiger partial charge in [0.15, 0.2) is 0 Å². The molecular weight excluding hydrogens is 475 g/mol. The van der Waals surface area contributed by atoms with Crippen LogP contribution in [0.4, 0.5) is 22.0 Å². The lowest BCUT2D eigenvalue weighted by molar-refractivity contribution is -0.144. The van der Waals surface area contributed by atoms with Crippen LogP contribution in [0.25, 0.3) is 0 Å². The fourth-order valence-corrected chi connectivity index (χ4v) is 3.70. The first-order chi connectivity index (χ1) is 15.4. The van der Waals surface area contributed by atoms with Gasteiger partial charge in [0.1, 0.15) is 12.5 Å². The van der Waals surface area contributed by atoms with E-state index in [-0.39, 0.29) is 5.70 Å². The van der Waals surface area contributed by atoms with Gasteiger partial charge in [0.25, 0.3) is 0 Å². The summed E-state index contributed by atoms with van der Waals surface area (Å²) in [6.45, 7) is 1.46. The molecule has 1 atom stereocenters. The number of halogens is 6. The van der Waals surface area contributed by atoms with Crippen molar-refractivity contribution in [3.63, 3.8) is 0 Å². The Morgan fingerprint density at radius 1 is 1.21 bits per heavy atom. The van der Waals surface area contributed by atoms with Crippen molar-refractivity contribution >= 4 is 23.5 Å². The van der Waals surface area contributed by atoms with Crippen LogP contribution < -0.4 is 5.32 Å². The minimum Gasteiger partial charge on any atom is -0.466 e. The molecule has 1 aromatic rings. The number of nitrogens with one attached hydrogen (secondary N) is 1. The van der Waals surface area contributed by atoms with Gasteiger partial charge >= 0.3 is 18.1 Å². The Balaban J connectivity index is 3.06. The number of carbonyl (C=O) groups excluding carboxylic acids is 2. The standard InChI is InChI=1S/C21H18ClF5N2O4/c1-9(2)33-20(31)15-12(6-7-28)29-13(8-23)16(19(30)32-3)17(15)14-11(24)5-4-10(22)18(14)21(25,26)27/h4-5,9,17,29H,6,8H2,1-3H3. The highest BCUT2D eigenvalue weighted by Crippen LogP contribution is 2.48. The second-order valence-electron chi connectivity index (χ2n) is 7.07. The third-order valence-corrected chi connectivity index (χ3v) is 4.92. The zero-order valence-corrected chi connectivity index (χ0v) is 18.3. The maximum Gasteiger partial charge on any atom is 0.418 e. The van der Waals surface area contributed by atoms with E-state index in [1.54, 1.807) is 6.07 Å². The molecule has 0 bridgehead atoms. The Bertz CT molecular complexity index is 1070. The molecule has 178 valence electrons. The normalized spacial score (nSPS) is 16.5. The van der Waals surface area contributed by atoms with Crippen molar-refractivity contribution in [1.82, 2.24) is 5.32 Å². The predicted octanol–water partition coefficient (Wildman–Crippen LogP) is 4.70. The second-order valence-corrected chi connectivity index (χ2v) is 7.48. The number of hydrogen-bond acceptors (Lipinski definition) is 6. The lowest BCUT2D eigenvalue weighted by atomic mass is 9.77. The Labute approximate surface area is 190 Å². The van der Waals surface area contributed by atoms with E-state index in [1.165, 1.54) is 13.8 Å². The summed E-state index contributed by atoms with van der Waals surface area (Å²) in [6.07, 6.45) is -6.60. The molecule has 0 fully saturated rings. The van der Waals surface area contributed by atoms with Crippen molar-refractivity contribution in [2.75, 3.05) is 13.8 Å². The van der Waals surface area contributed by atoms with Crippen LogP contribution >= 0.6 is 11.6 Å². The van der Waals surface area contributed by atoms with Crippen LogP contribution in [0.3, 0.4) is 0 Å². The van der Waals surface area contributed by atoms with E-state index in [4.69, 9.17) is 21.6 Å². The minimum absolute atomic E-state index is 0.346. The van der Waals surface area contributed by atoms with Crippen molar-refractivity contribution in [3.05, 3.63) is 56.6 Å². The van der Waals surface area contributed by atoms with Gasteiger partial charge in [0.2, 0.25) is 0 Å². The number of benzene rings is 1. The predicted molar refractivity (Wildman–Crippen MR) is 106 cm³/mol. The van der Waals surface area contributed by atoms with Gasteiger partial charge < -0.3 is 14.8 Å². The number of esters is 2. The molecule has 12 heteroatoms. The van der Waals surface area contributed by atoms with Crippen LogP contribution in [0.1, 0.15) is 37.3 Å². The van der Waals surface area contributed by atoms with Crippen LogP contribution in [0, 0.1) is 17.1 Å². The molecular formula is C21H18ClF5N2O4. The quantitative estimate of drug-likeness (QED) is 0.457. The fraction of sp³-hybridized carbons (Fsp3) is 0.381. The SMILES string of the molecule is COC(=O)C1=C(CF)NC(CC#N)=C(C(=O)OC(C)C)C1c1c(F)ccc(Cl)c1C(F)(F)F. The largest absolute Gasteiger partial charge is 0.466 e. The zero-order chi connectivity index (χ0) is 25.1. The first-order valence-electron chi connectivity index (χ1n) is 9.39. The summed E-state index contributed by atoms with van der Waals surface area (Å²) in [4.78, 5) is 25.5. The minimum atomic E-state index is -5.22. The Morgan fingerprint density at radius 2 is 1.82 bits per heavy atom. The third-order valence-electron chi connectivity index (χ3n) is 4.60. The van der Waals surface area contributed by atoms with E-state index in [2.05, 4.69) is 10.1 Å². The molecule has 1 aromatic carbocycles. The third kappa shape index (κ3) is 5.27. The van der Waals surface area contributed by atoms with Crippen molar-refractivity contribution in [2.24, 2.45) is 0 Å². The van der Waals surface area contributed by atoms with Crippen LogP contribution in [0.15, 0.2) is 34.7 Å². The number of carbonyl (C=O) groups is 2. The average molecular weight is 493 g/mol. The maximum atomic E-state index is 15.0. The van der Waals surface area contributed by atoms with Crippen LogP contribution in [-0.2, 0) is 25.2 Å². The molecule has 33 heavy (non-hydrogen) atoms. The number of nitriles is 1. The molecule has 1 unspecified atom stereocenters. The highest BCUT2D eigenvalue weighted by atomic mass is 35.5. The first-order valence-corrected chi connectivity index (χ1v) is 9.77. The van der Waals surface area contributed by atoms with Gasteiger partial charge in [-0.1, -0.05) is 11.6 Å². The van der Waals surface area contributed by atoms with Crippen molar-refractivity contribution < 1.29 is 41.0 Å². The molecule has 0 amide bonds. The number of hydrogen-bond donors (Lipinski definition) is 1.